The van der Waals surface area contributed by atoms with E-state index in [1.165, 1.54) is 33.5 Å². The van der Waals surface area contributed by atoms with Crippen molar-refractivity contribution in [2.75, 3.05) is 26.2 Å². The molecule has 0 aliphatic rings. The first-order valence-electron chi connectivity index (χ1n) is 17.5. The van der Waals surface area contributed by atoms with Crippen LogP contribution < -0.4 is 5.32 Å². The Labute approximate surface area is 277 Å². The van der Waals surface area contributed by atoms with E-state index in [2.05, 4.69) is 96.0 Å². The average Bonchev–Trinajstić information content (AvgIpc) is 3.37. The molecule has 3 N–H and O–H groups in total. The molecule has 0 aliphatic heterocycles. The number of nitrogens with zero attached hydrogens (tertiary/aromatic N) is 1. The number of fused-ring (bicyclic) bond motifs is 1. The minimum Gasteiger partial charge on any atom is -0.508 e. The highest BCUT2D eigenvalue weighted by molar-refractivity contribution is 6.00. The Bertz CT molecular complexity index is 1530. The molecule has 0 unspecified atom stereocenters. The van der Waals surface area contributed by atoms with Crippen LogP contribution in [-0.4, -0.2) is 47.1 Å². The van der Waals surface area contributed by atoms with Gasteiger partial charge in [-0.2, -0.15) is 0 Å². The van der Waals surface area contributed by atoms with Gasteiger partial charge in [-0.05, 0) is 133 Å². The predicted molar refractivity (Wildman–Crippen MR) is 195 cm³/mol. The van der Waals surface area contributed by atoms with Gasteiger partial charge in [0.25, 0.3) is 5.91 Å². The minimum absolute atomic E-state index is 0.119. The lowest BCUT2D eigenvalue weighted by atomic mass is 9.91. The molecular formula is C41H57N3O2. The molecule has 1 aromatic heterocycles. The van der Waals surface area contributed by atoms with Gasteiger partial charge in [-0.3, -0.25) is 4.79 Å². The summed E-state index contributed by atoms with van der Waals surface area (Å²) >= 11 is 0. The topological polar surface area (TPSA) is 68.4 Å². The molecule has 0 atom stereocenters. The summed E-state index contributed by atoms with van der Waals surface area (Å²) < 4.78 is 0. The van der Waals surface area contributed by atoms with E-state index in [0.29, 0.717) is 29.4 Å². The van der Waals surface area contributed by atoms with Crippen LogP contribution >= 0.6 is 0 Å². The van der Waals surface area contributed by atoms with E-state index in [-0.39, 0.29) is 5.91 Å². The number of aromatic nitrogens is 1. The van der Waals surface area contributed by atoms with Crippen molar-refractivity contribution in [3.8, 4) is 17.0 Å². The van der Waals surface area contributed by atoms with Crippen LogP contribution in [0, 0.1) is 11.8 Å². The van der Waals surface area contributed by atoms with Crippen LogP contribution in [0.3, 0.4) is 0 Å². The van der Waals surface area contributed by atoms with Gasteiger partial charge in [0.1, 0.15) is 5.75 Å². The van der Waals surface area contributed by atoms with Crippen molar-refractivity contribution in [1.82, 2.24) is 15.2 Å². The summed E-state index contributed by atoms with van der Waals surface area (Å²) in [5, 5.41) is 14.4. The van der Waals surface area contributed by atoms with Crippen LogP contribution in [0.25, 0.3) is 22.2 Å². The zero-order chi connectivity index (χ0) is 33.4. The number of unbranched alkanes of at least 4 members (excludes halogenated alkanes) is 1. The van der Waals surface area contributed by atoms with Crippen molar-refractivity contribution in [2.45, 2.75) is 92.9 Å². The van der Waals surface area contributed by atoms with E-state index in [0.717, 1.165) is 68.3 Å². The van der Waals surface area contributed by atoms with Crippen LogP contribution in [0.2, 0.25) is 0 Å². The quantitative estimate of drug-likeness (QED) is 0.109. The number of hydrogen-bond acceptors (Lipinski definition) is 3. The Kier molecular flexibility index (Phi) is 12.5. The van der Waals surface area contributed by atoms with E-state index in [1.807, 2.05) is 23.1 Å². The van der Waals surface area contributed by atoms with Gasteiger partial charge in [0.15, 0.2) is 0 Å². The largest absolute Gasteiger partial charge is 0.508 e. The molecular weight excluding hydrogens is 566 g/mol. The number of H-pyrrole nitrogens is 1. The summed E-state index contributed by atoms with van der Waals surface area (Å²) in [7, 11) is 0. The first kappa shape index (κ1) is 35.3. The maximum Gasteiger partial charge on any atom is 0.253 e. The summed E-state index contributed by atoms with van der Waals surface area (Å²) in [5.74, 6) is 2.14. The lowest BCUT2D eigenvalue weighted by Crippen LogP contribution is -2.37. The van der Waals surface area contributed by atoms with Crippen LogP contribution in [0.4, 0.5) is 0 Å². The molecule has 46 heavy (non-hydrogen) atoms. The SMILES string of the molecule is CC(C)CN(CC(C)C)C(=O)c1ccc2[nH]c(-c3cc(C(C)C)cc(C(C)C)c3)c(CCNCCCCc3ccc(O)cc3)c2c1. The molecule has 3 aromatic carbocycles. The Hall–Kier alpha value is -3.57. The third-order valence-corrected chi connectivity index (χ3v) is 8.77. The van der Waals surface area contributed by atoms with Crippen molar-refractivity contribution in [3.63, 3.8) is 0 Å². The fourth-order valence-electron chi connectivity index (χ4n) is 6.26. The van der Waals surface area contributed by atoms with E-state index in [9.17, 15) is 9.90 Å². The number of hydrogen-bond donors (Lipinski definition) is 3. The highest BCUT2D eigenvalue weighted by atomic mass is 16.3. The Morgan fingerprint density at radius 3 is 1.98 bits per heavy atom. The van der Waals surface area contributed by atoms with E-state index in [4.69, 9.17) is 0 Å². The number of carbonyl (C=O) groups is 1. The molecule has 0 bridgehead atoms. The Morgan fingerprint density at radius 2 is 1.39 bits per heavy atom. The maximum atomic E-state index is 13.9. The second-order valence-corrected chi connectivity index (χ2v) is 14.6. The lowest BCUT2D eigenvalue weighted by molar-refractivity contribution is 0.0715. The molecule has 5 nitrogen and oxygen atoms in total. The first-order chi connectivity index (χ1) is 21.9. The molecule has 1 amide bonds. The van der Waals surface area contributed by atoms with Gasteiger partial charge in [0, 0.05) is 35.2 Å². The third-order valence-electron chi connectivity index (χ3n) is 8.77. The molecule has 4 aromatic rings. The van der Waals surface area contributed by atoms with Crippen LogP contribution in [0.5, 0.6) is 5.75 Å². The van der Waals surface area contributed by atoms with Gasteiger partial charge in [0.2, 0.25) is 0 Å². The van der Waals surface area contributed by atoms with Gasteiger partial charge in [-0.1, -0.05) is 73.6 Å². The van der Waals surface area contributed by atoms with Gasteiger partial charge in [0.05, 0.1) is 0 Å². The molecule has 0 saturated carbocycles. The summed E-state index contributed by atoms with van der Waals surface area (Å²) in [6, 6.07) is 20.8. The number of benzene rings is 3. The summed E-state index contributed by atoms with van der Waals surface area (Å²) in [6.45, 7) is 21.1. The van der Waals surface area contributed by atoms with E-state index >= 15 is 0 Å². The second kappa shape index (κ2) is 16.3. The predicted octanol–water partition coefficient (Wildman–Crippen LogP) is 9.70. The maximum absolute atomic E-state index is 13.9. The van der Waals surface area contributed by atoms with E-state index in [1.54, 1.807) is 12.1 Å². The molecule has 0 saturated heterocycles. The molecule has 0 fully saturated rings. The van der Waals surface area contributed by atoms with Gasteiger partial charge < -0.3 is 20.3 Å². The molecule has 248 valence electrons. The second-order valence-electron chi connectivity index (χ2n) is 14.6. The normalized spacial score (nSPS) is 11.9. The van der Waals surface area contributed by atoms with E-state index < -0.39 is 0 Å². The molecule has 0 spiro atoms. The number of rotatable bonds is 16. The first-order valence-corrected chi connectivity index (χ1v) is 17.5. The molecule has 5 heteroatoms. The number of phenols is 1. The lowest BCUT2D eigenvalue weighted by Gasteiger charge is -2.26. The Morgan fingerprint density at radius 1 is 0.761 bits per heavy atom. The van der Waals surface area contributed by atoms with Crippen molar-refractivity contribution >= 4 is 16.8 Å². The van der Waals surface area contributed by atoms with Gasteiger partial charge in [-0.15, -0.1) is 0 Å². The van der Waals surface area contributed by atoms with Crippen molar-refractivity contribution in [1.29, 1.82) is 0 Å². The van der Waals surface area contributed by atoms with Crippen LogP contribution in [-0.2, 0) is 12.8 Å². The van der Waals surface area contributed by atoms with Gasteiger partial charge in [-0.25, -0.2) is 0 Å². The number of aromatic hydroxyl groups is 1. The van der Waals surface area contributed by atoms with Crippen LogP contribution in [0.15, 0.2) is 60.7 Å². The number of amides is 1. The highest BCUT2D eigenvalue weighted by Gasteiger charge is 2.21. The number of nitrogens with one attached hydrogen (secondary N) is 2. The zero-order valence-corrected chi connectivity index (χ0v) is 29.5. The van der Waals surface area contributed by atoms with Gasteiger partial charge >= 0.3 is 0 Å². The number of carbonyl (C=O) groups excluding carboxylic acids is 1. The molecule has 0 radical (unpaired) electrons. The average molecular weight is 624 g/mol. The summed E-state index contributed by atoms with van der Waals surface area (Å²) in [5.41, 5.74) is 9.48. The number of aryl methyl sites for hydroxylation is 1. The fraction of sp³-hybridized carbons (Fsp3) is 0.488. The highest BCUT2D eigenvalue weighted by Crippen LogP contribution is 2.35. The Balaban J connectivity index is 1.61. The van der Waals surface area contributed by atoms with Crippen molar-refractivity contribution in [2.24, 2.45) is 11.8 Å². The van der Waals surface area contributed by atoms with Crippen molar-refractivity contribution in [3.05, 3.63) is 88.5 Å². The zero-order valence-electron chi connectivity index (χ0n) is 29.5. The molecule has 0 aliphatic carbocycles. The number of aromatic amines is 1. The molecule has 1 heterocycles. The third kappa shape index (κ3) is 9.48. The standard InChI is InChI=1S/C41H57N3O2/c1-27(2)25-44(26-28(3)4)41(46)32-14-17-39-38(24-32)37(18-20-42-19-10-9-11-31-12-15-36(45)16-13-31)40(43-39)35-22-33(29(5)6)21-34(23-35)30(7)8/h12-17,21-24,27-30,42-43,45H,9-11,18-20,25-26H2,1-8H3. The summed E-state index contributed by atoms with van der Waals surface area (Å²) in [4.78, 5) is 19.7. The summed E-state index contributed by atoms with van der Waals surface area (Å²) in [6.07, 6.45) is 4.08. The number of phenolic OH excluding ortho intramolecular Hbond substituents is 1. The minimum atomic E-state index is 0.119. The fourth-order valence-corrected chi connectivity index (χ4v) is 6.26. The smallest absolute Gasteiger partial charge is 0.253 e. The van der Waals surface area contributed by atoms with Crippen LogP contribution in [0.1, 0.15) is 113 Å². The molecule has 4 rings (SSSR count). The monoisotopic (exact) mass is 623 g/mol. The van der Waals surface area contributed by atoms with Crippen molar-refractivity contribution < 1.29 is 9.90 Å².